The summed E-state index contributed by atoms with van der Waals surface area (Å²) in [5.74, 6) is 0.395. The second kappa shape index (κ2) is 11.6. The summed E-state index contributed by atoms with van der Waals surface area (Å²) < 4.78 is 21.3. The van der Waals surface area contributed by atoms with Crippen LogP contribution in [0.5, 0.6) is 0 Å². The Morgan fingerprint density at radius 1 is 1.03 bits per heavy atom. The first-order valence-corrected chi connectivity index (χ1v) is 13.5. The number of aryl methyl sites for hydroxylation is 2. The molecule has 2 saturated heterocycles. The van der Waals surface area contributed by atoms with E-state index < -0.39 is 5.67 Å². The Hall–Kier alpha value is -3.30. The smallest absolute Gasteiger partial charge is 0.254 e. The van der Waals surface area contributed by atoms with Crippen LogP contribution in [-0.2, 0) is 10.4 Å². The summed E-state index contributed by atoms with van der Waals surface area (Å²) >= 11 is 0. The third kappa shape index (κ3) is 5.89. The highest BCUT2D eigenvalue weighted by atomic mass is 19.1. The summed E-state index contributed by atoms with van der Waals surface area (Å²) in [4.78, 5) is 20.3. The van der Waals surface area contributed by atoms with Gasteiger partial charge in [0.15, 0.2) is 0 Å². The van der Waals surface area contributed by atoms with E-state index in [4.69, 9.17) is 15.0 Å². The van der Waals surface area contributed by atoms with Gasteiger partial charge in [0.2, 0.25) is 0 Å². The number of allylic oxidation sites excluding steroid dienone is 2. The van der Waals surface area contributed by atoms with Crippen molar-refractivity contribution >= 4 is 17.2 Å². The molecule has 0 spiro atoms. The fraction of sp³-hybridized carbons (Fsp3) is 0.469. The van der Waals surface area contributed by atoms with Gasteiger partial charge in [0, 0.05) is 62.0 Å². The molecular weight excluding hydrogens is 477 g/mol. The predicted octanol–water partition coefficient (Wildman–Crippen LogP) is 6.91. The average molecular weight is 516 g/mol. The first kappa shape index (κ1) is 27.7. The SMILES string of the molecule is CC(=N/C(C)=C(\C)c1cc(C(=O)N2CCC(F)(c3ccc(C#N)cc3)CC2)c(C)cc1C)C1CCOCC1. The molecular formula is C32H38FN3O2. The van der Waals surface area contributed by atoms with Gasteiger partial charge in [-0.25, -0.2) is 4.39 Å². The van der Waals surface area contributed by atoms with E-state index in [9.17, 15) is 4.79 Å². The topological polar surface area (TPSA) is 65.7 Å². The van der Waals surface area contributed by atoms with Gasteiger partial charge in [-0.2, -0.15) is 5.26 Å². The van der Waals surface area contributed by atoms with Crippen LogP contribution in [0.25, 0.3) is 5.57 Å². The van der Waals surface area contributed by atoms with Crippen molar-refractivity contribution in [3.63, 3.8) is 0 Å². The van der Waals surface area contributed by atoms with Crippen molar-refractivity contribution < 1.29 is 13.9 Å². The number of halogens is 1. The van der Waals surface area contributed by atoms with Crippen LogP contribution in [0.2, 0.25) is 0 Å². The summed E-state index contributed by atoms with van der Waals surface area (Å²) in [6, 6.07) is 12.8. The second-order valence-electron chi connectivity index (χ2n) is 10.8. The summed E-state index contributed by atoms with van der Waals surface area (Å²) in [7, 11) is 0. The first-order chi connectivity index (χ1) is 18.1. The largest absolute Gasteiger partial charge is 0.381 e. The van der Waals surface area contributed by atoms with Crippen LogP contribution in [-0.4, -0.2) is 42.8 Å². The lowest BCUT2D eigenvalue weighted by atomic mass is 9.85. The third-order valence-electron chi connectivity index (χ3n) is 8.28. The van der Waals surface area contributed by atoms with Crippen LogP contribution in [0.1, 0.15) is 84.6 Å². The Balaban J connectivity index is 1.53. The Morgan fingerprint density at radius 2 is 1.63 bits per heavy atom. The van der Waals surface area contributed by atoms with Crippen LogP contribution in [0, 0.1) is 31.1 Å². The zero-order chi connectivity index (χ0) is 27.4. The molecule has 0 atom stereocenters. The molecule has 2 fully saturated rings. The van der Waals surface area contributed by atoms with E-state index in [1.165, 1.54) is 0 Å². The average Bonchev–Trinajstić information content (AvgIpc) is 2.93. The normalized spacial score (nSPS) is 19.1. The number of hydrogen-bond donors (Lipinski definition) is 0. The van der Waals surface area contributed by atoms with Crippen molar-refractivity contribution in [1.82, 2.24) is 4.90 Å². The molecule has 2 heterocycles. The Morgan fingerprint density at radius 3 is 2.24 bits per heavy atom. The van der Waals surface area contributed by atoms with Gasteiger partial charge in [-0.15, -0.1) is 0 Å². The molecule has 2 aromatic rings. The fourth-order valence-electron chi connectivity index (χ4n) is 5.60. The summed E-state index contributed by atoms with van der Waals surface area (Å²) in [5.41, 5.74) is 6.47. The van der Waals surface area contributed by atoms with Crippen molar-refractivity contribution in [3.8, 4) is 6.07 Å². The van der Waals surface area contributed by atoms with Crippen molar-refractivity contribution in [2.45, 2.75) is 66.0 Å². The summed E-state index contributed by atoms with van der Waals surface area (Å²) in [5, 5.41) is 9.02. The van der Waals surface area contributed by atoms with E-state index in [2.05, 4.69) is 32.9 Å². The highest BCUT2D eigenvalue weighted by Gasteiger charge is 2.38. The molecule has 0 aliphatic carbocycles. The van der Waals surface area contributed by atoms with Crippen molar-refractivity contribution in [2.75, 3.05) is 26.3 Å². The molecule has 4 rings (SSSR count). The highest BCUT2D eigenvalue weighted by molar-refractivity contribution is 5.97. The van der Waals surface area contributed by atoms with Crippen molar-refractivity contribution in [2.24, 2.45) is 10.9 Å². The van der Waals surface area contributed by atoms with E-state index in [0.717, 1.165) is 59.7 Å². The number of likely N-dealkylation sites (tertiary alicyclic amines) is 1. The molecule has 0 aromatic heterocycles. The minimum atomic E-state index is -1.49. The number of carbonyl (C=O) groups excluding carboxylic acids is 1. The number of aliphatic imine (C=N–C) groups is 1. The summed E-state index contributed by atoms with van der Waals surface area (Å²) in [6.07, 6.45) is 2.48. The van der Waals surface area contributed by atoms with Gasteiger partial charge >= 0.3 is 0 Å². The molecule has 200 valence electrons. The Bertz CT molecular complexity index is 1290. The van der Waals surface area contributed by atoms with E-state index in [-0.39, 0.29) is 18.7 Å². The zero-order valence-electron chi connectivity index (χ0n) is 23.2. The maximum Gasteiger partial charge on any atom is 0.254 e. The van der Waals surface area contributed by atoms with Gasteiger partial charge in [0.25, 0.3) is 5.91 Å². The number of nitriles is 1. The maximum atomic E-state index is 15.8. The molecule has 0 saturated carbocycles. The number of benzene rings is 2. The van der Waals surface area contributed by atoms with Gasteiger partial charge < -0.3 is 9.64 Å². The Kier molecular flexibility index (Phi) is 8.47. The van der Waals surface area contributed by atoms with Crippen LogP contribution in [0.4, 0.5) is 4.39 Å². The van der Waals surface area contributed by atoms with Gasteiger partial charge in [-0.05, 0) is 93.5 Å². The molecule has 2 aromatic carbocycles. The number of ether oxygens (including phenoxy) is 1. The van der Waals surface area contributed by atoms with Gasteiger partial charge in [0.05, 0.1) is 11.6 Å². The summed E-state index contributed by atoms with van der Waals surface area (Å²) in [6.45, 7) is 12.5. The van der Waals surface area contributed by atoms with Crippen LogP contribution < -0.4 is 0 Å². The number of amides is 1. The number of alkyl halides is 1. The number of nitrogens with zero attached hydrogens (tertiary/aromatic N) is 3. The zero-order valence-corrected chi connectivity index (χ0v) is 23.2. The standard InChI is InChI=1S/C32H38FN3O2/c1-21-18-22(2)30(19-29(21)23(3)24(4)35-25(5)27-10-16-38-17-11-27)31(37)36-14-12-32(33,13-15-36)28-8-6-26(20-34)7-9-28/h6-9,18-19,27H,10-17H2,1-5H3/b24-23+,35-25?. The fourth-order valence-corrected chi connectivity index (χ4v) is 5.60. The lowest BCUT2D eigenvalue weighted by Gasteiger charge is -2.37. The third-order valence-corrected chi connectivity index (χ3v) is 8.28. The van der Waals surface area contributed by atoms with Gasteiger partial charge in [-0.1, -0.05) is 18.2 Å². The Labute approximate surface area is 226 Å². The van der Waals surface area contributed by atoms with E-state index in [1.807, 2.05) is 19.9 Å². The lowest BCUT2D eigenvalue weighted by Crippen LogP contribution is -2.43. The monoisotopic (exact) mass is 515 g/mol. The predicted molar refractivity (Wildman–Crippen MR) is 150 cm³/mol. The van der Waals surface area contributed by atoms with E-state index in [0.29, 0.717) is 35.7 Å². The highest BCUT2D eigenvalue weighted by Crippen LogP contribution is 2.38. The van der Waals surface area contributed by atoms with Crippen LogP contribution >= 0.6 is 0 Å². The van der Waals surface area contributed by atoms with E-state index >= 15 is 4.39 Å². The first-order valence-electron chi connectivity index (χ1n) is 13.5. The number of hydrogen-bond acceptors (Lipinski definition) is 4. The molecule has 5 nitrogen and oxygen atoms in total. The molecule has 0 unspecified atom stereocenters. The molecule has 2 aliphatic rings. The molecule has 6 heteroatoms. The van der Waals surface area contributed by atoms with Gasteiger partial charge in [0.1, 0.15) is 5.67 Å². The second-order valence-corrected chi connectivity index (χ2v) is 10.8. The van der Waals surface area contributed by atoms with Crippen molar-refractivity contribution in [1.29, 1.82) is 5.26 Å². The lowest BCUT2D eigenvalue weighted by molar-refractivity contribution is 0.0421. The number of carbonyl (C=O) groups is 1. The minimum absolute atomic E-state index is 0.0574. The molecule has 2 aliphatic heterocycles. The molecule has 0 N–H and O–H groups in total. The minimum Gasteiger partial charge on any atom is -0.381 e. The number of rotatable bonds is 5. The quantitative estimate of drug-likeness (QED) is 0.406. The molecule has 1 amide bonds. The van der Waals surface area contributed by atoms with E-state index in [1.54, 1.807) is 29.2 Å². The number of piperidine rings is 1. The van der Waals surface area contributed by atoms with Crippen molar-refractivity contribution in [3.05, 3.63) is 75.5 Å². The maximum absolute atomic E-state index is 15.8. The van der Waals surface area contributed by atoms with Gasteiger partial charge in [-0.3, -0.25) is 9.79 Å². The molecule has 0 bridgehead atoms. The molecule has 38 heavy (non-hydrogen) atoms. The van der Waals surface area contributed by atoms with Crippen LogP contribution in [0.3, 0.4) is 0 Å². The van der Waals surface area contributed by atoms with Crippen LogP contribution in [0.15, 0.2) is 47.1 Å². The molecule has 0 radical (unpaired) electrons.